The highest BCUT2D eigenvalue weighted by molar-refractivity contribution is 9.10. The summed E-state index contributed by atoms with van der Waals surface area (Å²) in [5, 5.41) is 24.3. The van der Waals surface area contributed by atoms with Gasteiger partial charge in [-0.2, -0.15) is 13.2 Å². The summed E-state index contributed by atoms with van der Waals surface area (Å²) in [6.45, 7) is 1.83. The molecule has 12 heteroatoms. The maximum absolute atomic E-state index is 13.1. The molecule has 0 amide bonds. The summed E-state index contributed by atoms with van der Waals surface area (Å²) in [6, 6.07) is 8.20. The number of alkyl halides is 3. The second kappa shape index (κ2) is 9.75. The van der Waals surface area contributed by atoms with Crippen LogP contribution in [0.2, 0.25) is 0 Å². The molecule has 0 spiro atoms. The van der Waals surface area contributed by atoms with E-state index >= 15 is 0 Å². The van der Waals surface area contributed by atoms with E-state index in [1.807, 2.05) is 6.92 Å². The minimum Gasteiger partial charge on any atom is -0.478 e. The van der Waals surface area contributed by atoms with Crippen molar-refractivity contribution in [2.75, 3.05) is 5.32 Å². The van der Waals surface area contributed by atoms with Gasteiger partial charge in [0.05, 0.1) is 21.7 Å². The number of hydrogen-bond donors (Lipinski definition) is 3. The van der Waals surface area contributed by atoms with Crippen molar-refractivity contribution in [2.45, 2.75) is 38.0 Å². The fourth-order valence-corrected chi connectivity index (χ4v) is 6.09. The minimum atomic E-state index is -4.50. The highest BCUT2D eigenvalue weighted by Gasteiger charge is 2.39. The second-order valence-corrected chi connectivity index (χ2v) is 10.8. The maximum atomic E-state index is 13.1. The number of hydrogen-bond acceptors (Lipinski definition) is 7. The van der Waals surface area contributed by atoms with Gasteiger partial charge in [0.2, 0.25) is 0 Å². The van der Waals surface area contributed by atoms with Crippen LogP contribution in [0.1, 0.15) is 50.5 Å². The van der Waals surface area contributed by atoms with E-state index in [-0.39, 0.29) is 11.4 Å². The molecule has 3 heterocycles. The number of halogens is 4. The first-order chi connectivity index (χ1) is 18.0. The summed E-state index contributed by atoms with van der Waals surface area (Å²) in [5.41, 5.74) is 0.636. The molecule has 1 aliphatic rings. The zero-order chi connectivity index (χ0) is 27.2. The number of aryl methyl sites for hydroxylation is 2. The Hall–Kier alpha value is -3.35. The summed E-state index contributed by atoms with van der Waals surface area (Å²) >= 11 is 4.79. The quantitative estimate of drug-likeness (QED) is 0.232. The number of nitrogens with zero attached hydrogens (tertiary/aromatic N) is 3. The Balaban J connectivity index is 1.49. The molecule has 0 saturated carbocycles. The molecule has 38 heavy (non-hydrogen) atoms. The van der Waals surface area contributed by atoms with Crippen LogP contribution in [-0.2, 0) is 18.2 Å². The van der Waals surface area contributed by atoms with Gasteiger partial charge in [-0.15, -0.1) is 11.3 Å². The molecule has 3 N–H and O–H groups in total. The number of aliphatic hydroxyl groups is 1. The van der Waals surface area contributed by atoms with Gasteiger partial charge >= 0.3 is 12.1 Å². The molecule has 0 bridgehead atoms. The van der Waals surface area contributed by atoms with Crippen molar-refractivity contribution >= 4 is 44.9 Å². The molecule has 5 rings (SSSR count). The fourth-order valence-electron chi connectivity index (χ4n) is 4.49. The first kappa shape index (κ1) is 26.3. The van der Waals surface area contributed by atoms with Crippen LogP contribution in [0.15, 0.2) is 53.3 Å². The number of aromatic carboxylic acids is 1. The van der Waals surface area contributed by atoms with Crippen molar-refractivity contribution in [1.29, 1.82) is 0 Å². The van der Waals surface area contributed by atoms with E-state index in [9.17, 15) is 28.2 Å². The monoisotopic (exact) mass is 604 g/mol. The molecule has 196 valence electrons. The van der Waals surface area contributed by atoms with Crippen LogP contribution in [0, 0.1) is 6.92 Å². The summed E-state index contributed by atoms with van der Waals surface area (Å²) in [6.07, 6.45) is -0.0891. The van der Waals surface area contributed by atoms with E-state index in [0.717, 1.165) is 29.5 Å². The molecular formula is C26H20BrF3N4O3S. The first-order valence-electron chi connectivity index (χ1n) is 11.5. The Morgan fingerprint density at radius 3 is 2.68 bits per heavy atom. The van der Waals surface area contributed by atoms with Crippen LogP contribution in [-0.4, -0.2) is 31.1 Å². The standard InChI is InChI=1S/C26H20BrF3N4O3S/c1-13-9-20(33-19-11-16(6-8-31-19)26(28,29)30)34-22(21(13)27)18-12-32-24(38-18)25(37)7-2-3-14-10-15(23(35)36)4-5-17(14)25/h4-6,8-12,37H,2-3,7H2,1H3,(H,35,36)(H,31,33,34)/t25-/m1/s1. The number of carboxylic acids is 1. The molecule has 1 aliphatic carbocycles. The van der Waals surface area contributed by atoms with Crippen molar-refractivity contribution in [2.24, 2.45) is 0 Å². The number of carbonyl (C=O) groups is 1. The van der Waals surface area contributed by atoms with Gasteiger partial charge in [-0.3, -0.25) is 0 Å². The van der Waals surface area contributed by atoms with Crippen LogP contribution < -0.4 is 5.32 Å². The zero-order valence-electron chi connectivity index (χ0n) is 19.8. The predicted octanol–water partition coefficient (Wildman–Crippen LogP) is 6.70. The second-order valence-electron chi connectivity index (χ2n) is 8.96. The third-order valence-electron chi connectivity index (χ3n) is 6.36. The summed E-state index contributed by atoms with van der Waals surface area (Å²) in [4.78, 5) is 25.1. The molecular weight excluding hydrogens is 585 g/mol. The smallest absolute Gasteiger partial charge is 0.416 e. The number of carboxylic acid groups (broad SMARTS) is 1. The van der Waals surface area contributed by atoms with Crippen molar-refractivity contribution < 1.29 is 28.2 Å². The van der Waals surface area contributed by atoms with E-state index < -0.39 is 23.3 Å². The topological polar surface area (TPSA) is 108 Å². The summed E-state index contributed by atoms with van der Waals surface area (Å²) in [5.74, 6) is -0.734. The number of aromatic nitrogens is 3. The number of benzene rings is 1. The van der Waals surface area contributed by atoms with Crippen LogP contribution >= 0.6 is 27.3 Å². The van der Waals surface area contributed by atoms with Crippen LogP contribution in [0.25, 0.3) is 10.6 Å². The molecule has 3 aromatic heterocycles. The van der Waals surface area contributed by atoms with E-state index in [0.29, 0.717) is 50.7 Å². The molecule has 4 aromatic rings. The van der Waals surface area contributed by atoms with Crippen molar-refractivity contribution in [3.63, 3.8) is 0 Å². The number of thiazole rings is 1. The van der Waals surface area contributed by atoms with Gasteiger partial charge in [-0.05, 0) is 89.1 Å². The number of pyridine rings is 2. The average Bonchev–Trinajstić information content (AvgIpc) is 3.37. The average molecular weight is 605 g/mol. The minimum absolute atomic E-state index is 0.00107. The Morgan fingerprint density at radius 2 is 1.95 bits per heavy atom. The third kappa shape index (κ3) is 4.91. The lowest BCUT2D eigenvalue weighted by Gasteiger charge is -2.33. The lowest BCUT2D eigenvalue weighted by Crippen LogP contribution is -2.32. The lowest BCUT2D eigenvalue weighted by atomic mass is 9.79. The largest absolute Gasteiger partial charge is 0.478 e. The molecule has 0 fully saturated rings. The zero-order valence-corrected chi connectivity index (χ0v) is 22.2. The third-order valence-corrected chi connectivity index (χ3v) is 8.51. The fraction of sp³-hybridized carbons (Fsp3) is 0.231. The van der Waals surface area contributed by atoms with Crippen molar-refractivity contribution in [3.8, 4) is 10.6 Å². The molecule has 1 aromatic carbocycles. The molecule has 7 nitrogen and oxygen atoms in total. The number of anilines is 2. The van der Waals surface area contributed by atoms with E-state index in [1.54, 1.807) is 24.4 Å². The van der Waals surface area contributed by atoms with Gasteiger partial charge in [0.15, 0.2) is 0 Å². The van der Waals surface area contributed by atoms with Crippen LogP contribution in [0.4, 0.5) is 24.8 Å². The molecule has 0 unspecified atom stereocenters. The van der Waals surface area contributed by atoms with E-state index in [1.165, 1.54) is 17.4 Å². The van der Waals surface area contributed by atoms with Gasteiger partial charge in [0, 0.05) is 16.9 Å². The lowest BCUT2D eigenvalue weighted by molar-refractivity contribution is -0.137. The predicted molar refractivity (Wildman–Crippen MR) is 140 cm³/mol. The van der Waals surface area contributed by atoms with Gasteiger partial charge < -0.3 is 15.5 Å². The number of fused-ring (bicyclic) bond motifs is 1. The van der Waals surface area contributed by atoms with Crippen LogP contribution in [0.5, 0.6) is 0 Å². The Morgan fingerprint density at radius 1 is 1.16 bits per heavy atom. The van der Waals surface area contributed by atoms with Gasteiger partial charge in [0.1, 0.15) is 22.2 Å². The highest BCUT2D eigenvalue weighted by atomic mass is 79.9. The Labute approximate surface area is 227 Å². The Bertz CT molecular complexity index is 1560. The Kier molecular flexibility index (Phi) is 6.74. The first-order valence-corrected chi connectivity index (χ1v) is 13.1. The van der Waals surface area contributed by atoms with Gasteiger partial charge in [0.25, 0.3) is 0 Å². The maximum Gasteiger partial charge on any atom is 0.416 e. The van der Waals surface area contributed by atoms with E-state index in [2.05, 4.69) is 36.2 Å². The summed E-state index contributed by atoms with van der Waals surface area (Å²) in [7, 11) is 0. The highest BCUT2D eigenvalue weighted by Crippen LogP contribution is 2.45. The molecule has 0 aliphatic heterocycles. The number of rotatable bonds is 5. The van der Waals surface area contributed by atoms with Gasteiger partial charge in [-0.25, -0.2) is 19.7 Å². The number of nitrogens with one attached hydrogen (secondary N) is 1. The normalized spacial score (nSPS) is 17.2. The van der Waals surface area contributed by atoms with Crippen molar-refractivity contribution in [3.05, 3.63) is 86.1 Å². The SMILES string of the molecule is Cc1cc(Nc2cc(C(F)(F)F)ccn2)nc(-c2cnc([C@@]3(O)CCCc4cc(C(=O)O)ccc43)s2)c1Br. The molecule has 1 atom stereocenters. The van der Waals surface area contributed by atoms with Crippen molar-refractivity contribution in [1.82, 2.24) is 15.0 Å². The molecule has 0 radical (unpaired) electrons. The molecule has 0 saturated heterocycles. The van der Waals surface area contributed by atoms with E-state index in [4.69, 9.17) is 0 Å². The van der Waals surface area contributed by atoms with Crippen LogP contribution in [0.3, 0.4) is 0 Å². The van der Waals surface area contributed by atoms with Gasteiger partial charge in [-0.1, -0.05) is 6.07 Å². The summed E-state index contributed by atoms with van der Waals surface area (Å²) < 4.78 is 40.0.